The highest BCUT2D eigenvalue weighted by atomic mass is 16.5. The van der Waals surface area contributed by atoms with Crippen molar-refractivity contribution in [2.75, 3.05) is 6.61 Å². The average molecular weight is 203 g/mol. The number of rotatable bonds is 4. The lowest BCUT2D eigenvalue weighted by molar-refractivity contribution is -0.143. The van der Waals surface area contributed by atoms with E-state index >= 15 is 0 Å². The molecule has 0 aliphatic carbocycles. The quantitative estimate of drug-likeness (QED) is 0.556. The van der Waals surface area contributed by atoms with Crippen molar-refractivity contribution < 1.29 is 9.53 Å². The average Bonchev–Trinajstić information content (AvgIpc) is 2.27. The molecule has 0 fully saturated rings. The van der Waals surface area contributed by atoms with Gasteiger partial charge in [0.25, 0.3) is 6.04 Å². The Balaban J connectivity index is 2.66. The Kier molecular flexibility index (Phi) is 4.36. The van der Waals surface area contributed by atoms with Crippen LogP contribution in [0.3, 0.4) is 0 Å². The molecule has 0 N–H and O–H groups in total. The van der Waals surface area contributed by atoms with Crippen LogP contribution in [-0.4, -0.2) is 12.6 Å². The number of benzene rings is 1. The maximum atomic E-state index is 11.2. The van der Waals surface area contributed by atoms with Crippen molar-refractivity contribution in [1.29, 1.82) is 0 Å². The fourth-order valence-corrected chi connectivity index (χ4v) is 1.29. The molecule has 1 atom stereocenters. The van der Waals surface area contributed by atoms with Gasteiger partial charge in [0.15, 0.2) is 0 Å². The van der Waals surface area contributed by atoms with Crippen LogP contribution in [0.4, 0.5) is 0 Å². The predicted molar refractivity (Wildman–Crippen MR) is 57.0 cm³/mol. The third kappa shape index (κ3) is 3.43. The third-order valence-corrected chi connectivity index (χ3v) is 2.01. The minimum atomic E-state index is -0.426. The normalized spacial score (nSPS) is 11.5. The first-order valence-corrected chi connectivity index (χ1v) is 4.85. The summed E-state index contributed by atoms with van der Waals surface area (Å²) in [5.41, 5.74) is 0.862. The topological polar surface area (TPSA) is 30.7 Å². The minimum absolute atomic E-state index is 0.126. The first kappa shape index (κ1) is 11.3. The summed E-state index contributed by atoms with van der Waals surface area (Å²) in [6.07, 6.45) is 0.126. The molecule has 78 valence electrons. The van der Waals surface area contributed by atoms with E-state index < -0.39 is 6.04 Å². The number of esters is 1. The number of hydrogen-bond acceptors (Lipinski definition) is 2. The molecular formula is C12H13NO2. The van der Waals surface area contributed by atoms with Gasteiger partial charge in [0.1, 0.15) is 6.42 Å². The van der Waals surface area contributed by atoms with Crippen LogP contribution >= 0.6 is 0 Å². The molecule has 0 heterocycles. The first-order valence-electron chi connectivity index (χ1n) is 4.85. The van der Waals surface area contributed by atoms with Crippen LogP contribution in [0.25, 0.3) is 4.85 Å². The third-order valence-electron chi connectivity index (χ3n) is 2.01. The Morgan fingerprint density at radius 1 is 1.47 bits per heavy atom. The molecule has 0 aromatic heterocycles. The van der Waals surface area contributed by atoms with Crippen molar-refractivity contribution in [2.24, 2.45) is 0 Å². The minimum Gasteiger partial charge on any atom is -0.466 e. The summed E-state index contributed by atoms with van der Waals surface area (Å²) in [6, 6.07) is 8.88. The summed E-state index contributed by atoms with van der Waals surface area (Å²) in [5.74, 6) is -0.317. The fourth-order valence-electron chi connectivity index (χ4n) is 1.29. The van der Waals surface area contributed by atoms with Crippen LogP contribution in [0.5, 0.6) is 0 Å². The standard InChI is InChI=1S/C12H13NO2/c1-3-15-12(14)9-11(13-2)10-7-5-4-6-8-10/h4-8,11H,3,9H2,1H3. The highest BCUT2D eigenvalue weighted by molar-refractivity contribution is 5.70. The van der Waals surface area contributed by atoms with Gasteiger partial charge >= 0.3 is 5.97 Å². The molecule has 3 heteroatoms. The zero-order chi connectivity index (χ0) is 11.1. The molecule has 0 radical (unpaired) electrons. The van der Waals surface area contributed by atoms with E-state index in [9.17, 15) is 4.79 Å². The van der Waals surface area contributed by atoms with E-state index in [1.807, 2.05) is 30.3 Å². The Morgan fingerprint density at radius 2 is 2.13 bits per heavy atom. The van der Waals surface area contributed by atoms with Gasteiger partial charge in [0.2, 0.25) is 0 Å². The summed E-state index contributed by atoms with van der Waals surface area (Å²) in [4.78, 5) is 14.6. The van der Waals surface area contributed by atoms with Gasteiger partial charge in [0.05, 0.1) is 6.61 Å². The van der Waals surface area contributed by atoms with Crippen molar-refractivity contribution in [3.8, 4) is 0 Å². The van der Waals surface area contributed by atoms with Crippen molar-refractivity contribution in [1.82, 2.24) is 0 Å². The molecule has 0 aliphatic rings. The molecule has 0 spiro atoms. The van der Waals surface area contributed by atoms with Crippen LogP contribution in [0, 0.1) is 6.57 Å². The van der Waals surface area contributed by atoms with Crippen molar-refractivity contribution in [2.45, 2.75) is 19.4 Å². The lowest BCUT2D eigenvalue weighted by atomic mass is 10.1. The smallest absolute Gasteiger partial charge is 0.314 e. The van der Waals surface area contributed by atoms with Crippen LogP contribution in [0.15, 0.2) is 30.3 Å². The second-order valence-electron chi connectivity index (χ2n) is 3.06. The summed E-state index contributed by atoms with van der Waals surface area (Å²) in [6.45, 7) is 9.16. The maximum absolute atomic E-state index is 11.2. The van der Waals surface area contributed by atoms with Gasteiger partial charge in [-0.05, 0) is 6.92 Å². The van der Waals surface area contributed by atoms with Gasteiger partial charge in [-0.2, -0.15) is 0 Å². The van der Waals surface area contributed by atoms with Crippen molar-refractivity contribution in [3.63, 3.8) is 0 Å². The van der Waals surface area contributed by atoms with Gasteiger partial charge in [0, 0.05) is 5.56 Å². The van der Waals surface area contributed by atoms with E-state index in [4.69, 9.17) is 11.3 Å². The van der Waals surface area contributed by atoms with Crippen LogP contribution < -0.4 is 0 Å². The predicted octanol–water partition coefficient (Wildman–Crippen LogP) is 2.60. The Hall–Kier alpha value is -1.82. The molecule has 1 unspecified atom stereocenters. The highest BCUT2D eigenvalue weighted by Crippen LogP contribution is 2.21. The summed E-state index contributed by atoms with van der Waals surface area (Å²) < 4.78 is 4.81. The van der Waals surface area contributed by atoms with Gasteiger partial charge in [-0.3, -0.25) is 4.79 Å². The molecule has 3 nitrogen and oxygen atoms in total. The summed E-state index contributed by atoms with van der Waals surface area (Å²) >= 11 is 0. The molecule has 1 rings (SSSR count). The van der Waals surface area contributed by atoms with Gasteiger partial charge in [-0.15, -0.1) is 0 Å². The molecule has 0 amide bonds. The number of nitrogens with zero attached hydrogens (tertiary/aromatic N) is 1. The largest absolute Gasteiger partial charge is 0.466 e. The number of carbonyl (C=O) groups excluding carboxylic acids is 1. The van der Waals surface area contributed by atoms with Crippen LogP contribution in [0.2, 0.25) is 0 Å². The molecule has 0 aliphatic heterocycles. The van der Waals surface area contributed by atoms with Gasteiger partial charge < -0.3 is 9.58 Å². The first-order chi connectivity index (χ1) is 7.27. The molecular weight excluding hydrogens is 190 g/mol. The SMILES string of the molecule is [C-]#[N+]C(CC(=O)OCC)c1ccccc1. The van der Waals surface area contributed by atoms with Crippen molar-refractivity contribution >= 4 is 5.97 Å². The Morgan fingerprint density at radius 3 is 2.67 bits per heavy atom. The van der Waals surface area contributed by atoms with E-state index in [0.717, 1.165) is 5.56 Å². The number of ether oxygens (including phenoxy) is 1. The van der Waals surface area contributed by atoms with E-state index in [2.05, 4.69) is 4.85 Å². The lowest BCUT2D eigenvalue weighted by Gasteiger charge is -2.05. The Labute approximate surface area is 89.5 Å². The van der Waals surface area contributed by atoms with Gasteiger partial charge in [-0.25, -0.2) is 6.57 Å². The lowest BCUT2D eigenvalue weighted by Crippen LogP contribution is -2.08. The molecule has 0 saturated heterocycles. The van der Waals surface area contributed by atoms with E-state index in [1.54, 1.807) is 6.92 Å². The van der Waals surface area contributed by atoms with Gasteiger partial charge in [-0.1, -0.05) is 30.3 Å². The fraction of sp³-hybridized carbons (Fsp3) is 0.333. The van der Waals surface area contributed by atoms with E-state index in [-0.39, 0.29) is 12.4 Å². The monoisotopic (exact) mass is 203 g/mol. The summed E-state index contributed by atoms with van der Waals surface area (Å²) in [5, 5.41) is 0. The van der Waals surface area contributed by atoms with Crippen LogP contribution in [-0.2, 0) is 9.53 Å². The molecule has 0 bridgehead atoms. The highest BCUT2D eigenvalue weighted by Gasteiger charge is 2.20. The maximum Gasteiger partial charge on any atom is 0.314 e. The molecule has 1 aromatic rings. The van der Waals surface area contributed by atoms with E-state index in [0.29, 0.717) is 6.61 Å². The number of hydrogen-bond donors (Lipinski definition) is 0. The van der Waals surface area contributed by atoms with Crippen LogP contribution in [0.1, 0.15) is 24.9 Å². The zero-order valence-corrected chi connectivity index (χ0v) is 8.64. The molecule has 15 heavy (non-hydrogen) atoms. The van der Waals surface area contributed by atoms with Crippen molar-refractivity contribution in [3.05, 3.63) is 47.3 Å². The molecule has 0 saturated carbocycles. The summed E-state index contributed by atoms with van der Waals surface area (Å²) in [7, 11) is 0. The molecule has 1 aromatic carbocycles. The Bertz CT molecular complexity index is 354. The zero-order valence-electron chi connectivity index (χ0n) is 8.64. The second-order valence-corrected chi connectivity index (χ2v) is 3.06. The van der Waals surface area contributed by atoms with E-state index in [1.165, 1.54) is 0 Å². The number of carbonyl (C=O) groups is 1. The second kappa shape index (κ2) is 5.82.